The molecule has 1 aromatic carbocycles. The second kappa shape index (κ2) is 5.79. The zero-order chi connectivity index (χ0) is 14.6. The van der Waals surface area contributed by atoms with Crippen LogP contribution in [0, 0.1) is 15.5 Å². The second-order valence-corrected chi connectivity index (χ2v) is 5.09. The molecule has 0 radical (unpaired) electrons. The molecule has 0 bridgehead atoms. The first-order valence-electron chi connectivity index (χ1n) is 6.08. The predicted molar refractivity (Wildman–Crippen MR) is 71.9 cm³/mol. The maximum Gasteiger partial charge on any atom is 0.269 e. The van der Waals surface area contributed by atoms with Crippen LogP contribution in [0.1, 0.15) is 32.8 Å². The Balaban J connectivity index is 2.74. The lowest BCUT2D eigenvalue weighted by molar-refractivity contribution is -0.384. The Morgan fingerprint density at radius 2 is 1.89 bits per heavy atom. The van der Waals surface area contributed by atoms with Crippen molar-refractivity contribution in [2.75, 3.05) is 0 Å². The summed E-state index contributed by atoms with van der Waals surface area (Å²) in [5, 5.41) is 11.7. The van der Waals surface area contributed by atoms with Crippen molar-refractivity contribution in [1.82, 2.24) is 5.01 Å². The van der Waals surface area contributed by atoms with E-state index in [1.807, 2.05) is 20.8 Å². The zero-order valence-corrected chi connectivity index (χ0v) is 11.4. The SMILES string of the molecule is CCC(C)(C)C(=O)N(N)Cc1ccc([N+](=O)[O-])cc1. The smallest absolute Gasteiger partial charge is 0.269 e. The van der Waals surface area contributed by atoms with Crippen LogP contribution < -0.4 is 5.84 Å². The minimum atomic E-state index is -0.504. The average Bonchev–Trinajstić information content (AvgIpc) is 2.38. The number of nitrogens with two attached hydrogens (primary N) is 1. The van der Waals surface area contributed by atoms with Gasteiger partial charge in [-0.1, -0.05) is 32.9 Å². The third-order valence-electron chi connectivity index (χ3n) is 3.22. The van der Waals surface area contributed by atoms with Crippen LogP contribution in [0.5, 0.6) is 0 Å². The van der Waals surface area contributed by atoms with Crippen molar-refractivity contribution in [3.63, 3.8) is 0 Å². The lowest BCUT2D eigenvalue weighted by Crippen LogP contribution is -2.44. The van der Waals surface area contributed by atoms with Crippen LogP contribution in [0.4, 0.5) is 5.69 Å². The number of nitrogens with zero attached hydrogens (tertiary/aromatic N) is 2. The number of carbonyl (C=O) groups is 1. The largest absolute Gasteiger partial charge is 0.276 e. The van der Waals surface area contributed by atoms with E-state index in [0.29, 0.717) is 6.42 Å². The van der Waals surface area contributed by atoms with Gasteiger partial charge in [-0.2, -0.15) is 0 Å². The van der Waals surface area contributed by atoms with Crippen molar-refractivity contribution in [1.29, 1.82) is 0 Å². The normalized spacial score (nSPS) is 11.2. The molecule has 0 spiro atoms. The van der Waals surface area contributed by atoms with Crippen LogP contribution in [0.3, 0.4) is 0 Å². The van der Waals surface area contributed by atoms with Gasteiger partial charge in [0.05, 0.1) is 11.5 Å². The Morgan fingerprint density at radius 3 is 2.32 bits per heavy atom. The van der Waals surface area contributed by atoms with Gasteiger partial charge in [0.15, 0.2) is 0 Å². The molecular formula is C13H19N3O3. The lowest BCUT2D eigenvalue weighted by atomic mass is 9.89. The number of non-ortho nitro benzene ring substituents is 1. The molecule has 0 aliphatic carbocycles. The third kappa shape index (κ3) is 3.75. The zero-order valence-electron chi connectivity index (χ0n) is 11.4. The Hall–Kier alpha value is -1.95. The number of hydrogen-bond acceptors (Lipinski definition) is 4. The van der Waals surface area contributed by atoms with Crippen molar-refractivity contribution in [3.8, 4) is 0 Å². The van der Waals surface area contributed by atoms with Crippen molar-refractivity contribution in [3.05, 3.63) is 39.9 Å². The van der Waals surface area contributed by atoms with E-state index >= 15 is 0 Å². The van der Waals surface area contributed by atoms with Gasteiger partial charge in [0.25, 0.3) is 5.69 Å². The number of carbonyl (C=O) groups excluding carboxylic acids is 1. The van der Waals surface area contributed by atoms with Gasteiger partial charge in [0.2, 0.25) is 5.91 Å². The number of hydrazine groups is 1. The maximum absolute atomic E-state index is 12.1. The van der Waals surface area contributed by atoms with E-state index in [1.54, 1.807) is 12.1 Å². The highest BCUT2D eigenvalue weighted by Gasteiger charge is 2.28. The first-order chi connectivity index (χ1) is 8.77. The Kier molecular flexibility index (Phi) is 4.61. The van der Waals surface area contributed by atoms with Gasteiger partial charge in [-0.15, -0.1) is 0 Å². The molecule has 0 saturated heterocycles. The summed E-state index contributed by atoms with van der Waals surface area (Å²) in [5.41, 5.74) is 0.274. The molecule has 1 rings (SSSR count). The molecular weight excluding hydrogens is 246 g/mol. The maximum atomic E-state index is 12.1. The summed E-state index contributed by atoms with van der Waals surface area (Å²) in [6.07, 6.45) is 0.694. The number of benzene rings is 1. The number of amides is 1. The highest BCUT2D eigenvalue weighted by Crippen LogP contribution is 2.22. The van der Waals surface area contributed by atoms with Crippen molar-refractivity contribution in [2.24, 2.45) is 11.3 Å². The fourth-order valence-corrected chi connectivity index (χ4v) is 1.53. The van der Waals surface area contributed by atoms with Crippen LogP contribution in [0.25, 0.3) is 0 Å². The lowest BCUT2D eigenvalue weighted by Gasteiger charge is -2.27. The van der Waals surface area contributed by atoms with Gasteiger partial charge in [-0.25, -0.2) is 5.84 Å². The molecule has 0 unspecified atom stereocenters. The quantitative estimate of drug-likeness (QED) is 0.382. The summed E-state index contributed by atoms with van der Waals surface area (Å²) in [6.45, 7) is 5.84. The number of rotatable bonds is 5. The third-order valence-corrected chi connectivity index (χ3v) is 3.22. The van der Waals surface area contributed by atoms with E-state index in [9.17, 15) is 14.9 Å². The van der Waals surface area contributed by atoms with E-state index < -0.39 is 10.3 Å². The van der Waals surface area contributed by atoms with Gasteiger partial charge in [-0.3, -0.25) is 19.9 Å². The molecule has 104 valence electrons. The molecule has 0 aliphatic rings. The Morgan fingerprint density at radius 1 is 1.37 bits per heavy atom. The molecule has 6 nitrogen and oxygen atoms in total. The molecule has 0 fully saturated rings. The van der Waals surface area contributed by atoms with Crippen LogP contribution in [0.15, 0.2) is 24.3 Å². The minimum Gasteiger partial charge on any atom is -0.276 e. The van der Waals surface area contributed by atoms with Crippen molar-refractivity contribution < 1.29 is 9.72 Å². The number of nitro groups is 1. The molecule has 0 saturated carbocycles. The summed E-state index contributed by atoms with van der Waals surface area (Å²) in [4.78, 5) is 22.1. The summed E-state index contributed by atoms with van der Waals surface area (Å²) >= 11 is 0. The van der Waals surface area contributed by atoms with Crippen LogP contribution >= 0.6 is 0 Å². The van der Waals surface area contributed by atoms with Crippen molar-refractivity contribution in [2.45, 2.75) is 33.7 Å². The molecule has 0 heterocycles. The Labute approximate surface area is 112 Å². The summed E-state index contributed by atoms with van der Waals surface area (Å²) in [5.74, 6) is 5.61. The minimum absolute atomic E-state index is 0.0209. The molecule has 1 aromatic rings. The van der Waals surface area contributed by atoms with Gasteiger partial charge in [0.1, 0.15) is 0 Å². The first-order valence-corrected chi connectivity index (χ1v) is 6.08. The van der Waals surface area contributed by atoms with E-state index in [1.165, 1.54) is 12.1 Å². The molecule has 19 heavy (non-hydrogen) atoms. The summed E-state index contributed by atoms with van der Waals surface area (Å²) < 4.78 is 0. The molecule has 6 heteroatoms. The second-order valence-electron chi connectivity index (χ2n) is 5.09. The monoisotopic (exact) mass is 265 g/mol. The van der Waals surface area contributed by atoms with E-state index in [-0.39, 0.29) is 18.1 Å². The average molecular weight is 265 g/mol. The van der Waals surface area contributed by atoms with E-state index in [4.69, 9.17) is 5.84 Å². The van der Waals surface area contributed by atoms with E-state index in [2.05, 4.69) is 0 Å². The van der Waals surface area contributed by atoms with Gasteiger partial charge >= 0.3 is 0 Å². The van der Waals surface area contributed by atoms with Gasteiger partial charge < -0.3 is 0 Å². The van der Waals surface area contributed by atoms with E-state index in [0.717, 1.165) is 10.6 Å². The first kappa shape index (κ1) is 15.1. The predicted octanol–water partition coefficient (Wildman–Crippen LogP) is 2.23. The van der Waals surface area contributed by atoms with Crippen LogP contribution in [0.2, 0.25) is 0 Å². The molecule has 0 aliphatic heterocycles. The van der Waals surface area contributed by atoms with Gasteiger partial charge in [0, 0.05) is 17.5 Å². The fraction of sp³-hybridized carbons (Fsp3) is 0.462. The molecule has 0 atom stereocenters. The molecule has 2 N–H and O–H groups in total. The number of hydrogen-bond donors (Lipinski definition) is 1. The highest BCUT2D eigenvalue weighted by molar-refractivity contribution is 5.81. The molecule has 0 aromatic heterocycles. The number of nitro benzene ring substituents is 1. The van der Waals surface area contributed by atoms with Crippen molar-refractivity contribution >= 4 is 11.6 Å². The van der Waals surface area contributed by atoms with Crippen LogP contribution in [-0.4, -0.2) is 15.8 Å². The topological polar surface area (TPSA) is 89.5 Å². The van der Waals surface area contributed by atoms with Crippen LogP contribution in [-0.2, 0) is 11.3 Å². The standard InChI is InChI=1S/C13H19N3O3/c1-4-13(2,3)12(17)15(14)9-10-5-7-11(8-6-10)16(18)19/h5-8H,4,9,14H2,1-3H3. The Bertz CT molecular complexity index is 469. The summed E-state index contributed by atoms with van der Waals surface area (Å²) in [6, 6.07) is 6.01. The van der Waals surface area contributed by atoms with Gasteiger partial charge in [-0.05, 0) is 12.0 Å². The fourth-order valence-electron chi connectivity index (χ4n) is 1.53. The summed E-state index contributed by atoms with van der Waals surface area (Å²) in [7, 11) is 0. The highest BCUT2D eigenvalue weighted by atomic mass is 16.6. The molecule has 1 amide bonds.